The second-order valence-corrected chi connectivity index (χ2v) is 2.66. The summed E-state index contributed by atoms with van der Waals surface area (Å²) in [5.74, 6) is 0. The lowest BCUT2D eigenvalue weighted by atomic mass is 10.4. The van der Waals surface area contributed by atoms with Gasteiger partial charge in [0.2, 0.25) is 0 Å². The third-order valence-corrected chi connectivity index (χ3v) is 1.46. The van der Waals surface area contributed by atoms with Gasteiger partial charge in [0, 0.05) is 19.8 Å². The number of hydrogen-bond donors (Lipinski definition) is 1. The van der Waals surface area contributed by atoms with Gasteiger partial charge < -0.3 is 14.6 Å². The van der Waals surface area contributed by atoms with Crippen molar-refractivity contribution < 1.29 is 14.6 Å². The lowest BCUT2D eigenvalue weighted by Gasteiger charge is -2.03. The Morgan fingerprint density at radius 3 is 2.00 bits per heavy atom. The topological polar surface area (TPSA) is 38.7 Å². The molecule has 0 fully saturated rings. The number of aliphatic hydroxyl groups excluding tert-OH is 1. The van der Waals surface area contributed by atoms with E-state index < -0.39 is 0 Å². The number of unbranched alkanes of at least 4 members (excludes halogenated alkanes) is 1. The first-order chi connectivity index (χ1) is 5.91. The Labute approximate surface area is 74.7 Å². The Kier molecular flexibility index (Phi) is 10.8. The van der Waals surface area contributed by atoms with Crippen LogP contribution in [0.25, 0.3) is 0 Å². The number of hydrogen-bond acceptors (Lipinski definition) is 3. The van der Waals surface area contributed by atoms with Gasteiger partial charge in [-0.15, -0.1) is 0 Å². The van der Waals surface area contributed by atoms with Crippen molar-refractivity contribution in [3.8, 4) is 0 Å². The zero-order valence-corrected chi connectivity index (χ0v) is 7.92. The lowest BCUT2D eigenvalue weighted by Crippen LogP contribution is -2.06. The molecule has 0 aliphatic carbocycles. The third-order valence-electron chi connectivity index (χ3n) is 1.46. The summed E-state index contributed by atoms with van der Waals surface area (Å²) in [6.07, 6.45) is 3.01. The van der Waals surface area contributed by atoms with Crippen LogP contribution >= 0.6 is 0 Å². The zero-order valence-electron chi connectivity index (χ0n) is 7.92. The van der Waals surface area contributed by atoms with Crippen molar-refractivity contribution in [2.45, 2.75) is 26.2 Å². The Bertz CT molecular complexity index is 66.2. The first-order valence-corrected chi connectivity index (χ1v) is 4.68. The summed E-state index contributed by atoms with van der Waals surface area (Å²) in [6, 6.07) is 0. The van der Waals surface area contributed by atoms with Crippen molar-refractivity contribution in [3.63, 3.8) is 0 Å². The molecule has 0 rings (SSSR count). The minimum Gasteiger partial charge on any atom is -0.396 e. The van der Waals surface area contributed by atoms with Crippen molar-refractivity contribution in [1.82, 2.24) is 0 Å². The van der Waals surface area contributed by atoms with Crippen LogP contribution in [0.15, 0.2) is 0 Å². The van der Waals surface area contributed by atoms with Gasteiger partial charge in [-0.05, 0) is 12.8 Å². The summed E-state index contributed by atoms with van der Waals surface area (Å²) in [5, 5.41) is 8.43. The molecule has 0 heterocycles. The third kappa shape index (κ3) is 9.88. The molecular weight excluding hydrogens is 156 g/mol. The molecule has 0 aromatic heterocycles. The van der Waals surface area contributed by atoms with Crippen molar-refractivity contribution in [2.75, 3.05) is 33.0 Å². The maximum absolute atomic E-state index is 8.43. The van der Waals surface area contributed by atoms with Crippen LogP contribution in [-0.4, -0.2) is 38.1 Å². The van der Waals surface area contributed by atoms with E-state index >= 15 is 0 Å². The van der Waals surface area contributed by atoms with E-state index in [4.69, 9.17) is 14.6 Å². The van der Waals surface area contributed by atoms with Crippen LogP contribution < -0.4 is 0 Å². The van der Waals surface area contributed by atoms with Gasteiger partial charge in [-0.2, -0.15) is 0 Å². The second-order valence-electron chi connectivity index (χ2n) is 2.66. The minimum atomic E-state index is 0.205. The molecule has 0 saturated carbocycles. The Hall–Kier alpha value is -0.120. The van der Waals surface area contributed by atoms with E-state index in [1.165, 1.54) is 6.42 Å². The molecule has 0 aromatic rings. The molecule has 0 amide bonds. The summed E-state index contributed by atoms with van der Waals surface area (Å²) >= 11 is 0. The first kappa shape index (κ1) is 11.9. The molecule has 3 nitrogen and oxygen atoms in total. The molecule has 0 aromatic carbocycles. The molecule has 0 aliphatic rings. The van der Waals surface area contributed by atoms with E-state index in [-0.39, 0.29) is 6.61 Å². The number of aliphatic hydroxyl groups is 1. The summed E-state index contributed by atoms with van der Waals surface area (Å²) in [6.45, 7) is 5.13. The van der Waals surface area contributed by atoms with Crippen LogP contribution in [0.4, 0.5) is 0 Å². The summed E-state index contributed by atoms with van der Waals surface area (Å²) in [4.78, 5) is 0. The molecule has 1 N–H and O–H groups in total. The van der Waals surface area contributed by atoms with Crippen LogP contribution in [0, 0.1) is 0 Å². The van der Waals surface area contributed by atoms with Crippen LogP contribution in [0.5, 0.6) is 0 Å². The molecule has 12 heavy (non-hydrogen) atoms. The molecular formula is C9H20O3. The Balaban J connectivity index is 2.73. The van der Waals surface area contributed by atoms with E-state index in [2.05, 4.69) is 6.92 Å². The normalized spacial score (nSPS) is 10.5. The maximum atomic E-state index is 8.43. The predicted octanol–water partition coefficient (Wildman–Crippen LogP) is 1.20. The van der Waals surface area contributed by atoms with Gasteiger partial charge in [-0.25, -0.2) is 0 Å². The van der Waals surface area contributed by atoms with Gasteiger partial charge in [-0.1, -0.05) is 13.3 Å². The lowest BCUT2D eigenvalue weighted by molar-refractivity contribution is 0.0417. The molecule has 0 unspecified atom stereocenters. The van der Waals surface area contributed by atoms with Gasteiger partial charge in [0.15, 0.2) is 0 Å². The van der Waals surface area contributed by atoms with Gasteiger partial charge >= 0.3 is 0 Å². The molecule has 0 aliphatic heterocycles. The molecule has 0 radical (unpaired) electrons. The second kappa shape index (κ2) is 10.9. The van der Waals surface area contributed by atoms with Crippen LogP contribution in [-0.2, 0) is 9.47 Å². The van der Waals surface area contributed by atoms with E-state index in [1.54, 1.807) is 0 Å². The van der Waals surface area contributed by atoms with E-state index in [1.807, 2.05) is 0 Å². The highest BCUT2D eigenvalue weighted by Crippen LogP contribution is 1.88. The minimum absolute atomic E-state index is 0.205. The molecule has 0 atom stereocenters. The van der Waals surface area contributed by atoms with Crippen molar-refractivity contribution in [3.05, 3.63) is 0 Å². The van der Waals surface area contributed by atoms with Gasteiger partial charge in [0.05, 0.1) is 13.2 Å². The first-order valence-electron chi connectivity index (χ1n) is 4.68. The summed E-state index contributed by atoms with van der Waals surface area (Å²) in [7, 11) is 0. The fourth-order valence-electron chi connectivity index (χ4n) is 0.735. The fourth-order valence-corrected chi connectivity index (χ4v) is 0.735. The van der Waals surface area contributed by atoms with Crippen molar-refractivity contribution in [1.29, 1.82) is 0 Å². The standard InChI is InChI=1S/C9H20O3/c1-2-3-6-11-8-9-12-7-4-5-10/h10H,2-9H2,1H3. The van der Waals surface area contributed by atoms with E-state index in [9.17, 15) is 0 Å². The van der Waals surface area contributed by atoms with Crippen molar-refractivity contribution >= 4 is 0 Å². The smallest absolute Gasteiger partial charge is 0.0700 e. The van der Waals surface area contributed by atoms with E-state index in [0.717, 1.165) is 19.4 Å². The molecule has 0 bridgehead atoms. The molecule has 0 spiro atoms. The van der Waals surface area contributed by atoms with Crippen LogP contribution in [0.3, 0.4) is 0 Å². The van der Waals surface area contributed by atoms with Crippen LogP contribution in [0.1, 0.15) is 26.2 Å². The average Bonchev–Trinajstić information content (AvgIpc) is 2.10. The highest BCUT2D eigenvalue weighted by atomic mass is 16.5. The zero-order chi connectivity index (χ0) is 9.07. The van der Waals surface area contributed by atoms with Gasteiger partial charge in [-0.3, -0.25) is 0 Å². The Morgan fingerprint density at radius 1 is 0.917 bits per heavy atom. The number of ether oxygens (including phenoxy) is 2. The number of rotatable bonds is 9. The SMILES string of the molecule is CCCCOCCOCCCO. The highest BCUT2D eigenvalue weighted by molar-refractivity contribution is 4.35. The molecule has 0 saturated heterocycles. The summed E-state index contributed by atoms with van der Waals surface area (Å²) in [5.41, 5.74) is 0. The quantitative estimate of drug-likeness (QED) is 0.536. The van der Waals surface area contributed by atoms with Crippen LogP contribution in [0.2, 0.25) is 0 Å². The van der Waals surface area contributed by atoms with Gasteiger partial charge in [0.1, 0.15) is 0 Å². The maximum Gasteiger partial charge on any atom is 0.0700 e. The van der Waals surface area contributed by atoms with E-state index in [0.29, 0.717) is 19.8 Å². The predicted molar refractivity (Wildman–Crippen MR) is 48.2 cm³/mol. The van der Waals surface area contributed by atoms with Crippen molar-refractivity contribution in [2.24, 2.45) is 0 Å². The fraction of sp³-hybridized carbons (Fsp3) is 1.00. The van der Waals surface area contributed by atoms with Gasteiger partial charge in [0.25, 0.3) is 0 Å². The average molecular weight is 176 g/mol. The highest BCUT2D eigenvalue weighted by Gasteiger charge is 1.88. The summed E-state index contributed by atoms with van der Waals surface area (Å²) < 4.78 is 10.4. The molecule has 3 heteroatoms. The Morgan fingerprint density at radius 2 is 1.50 bits per heavy atom. The monoisotopic (exact) mass is 176 g/mol. The molecule has 74 valence electrons. The largest absolute Gasteiger partial charge is 0.396 e.